The predicted molar refractivity (Wildman–Crippen MR) is 69.6 cm³/mol. The van der Waals surface area contributed by atoms with Gasteiger partial charge in [0.25, 0.3) is 0 Å². The highest BCUT2D eigenvalue weighted by molar-refractivity contribution is 9.10. The van der Waals surface area contributed by atoms with Crippen LogP contribution in [-0.2, 0) is 0 Å². The zero-order valence-corrected chi connectivity index (χ0v) is 11.1. The van der Waals surface area contributed by atoms with Crippen molar-refractivity contribution in [2.24, 2.45) is 0 Å². The Bertz CT molecular complexity index is 330. The summed E-state index contributed by atoms with van der Waals surface area (Å²) in [5.74, 6) is 0.268. The molecule has 0 radical (unpaired) electrons. The number of allylic oxidation sites excluding steroid dienone is 1. The number of rotatable bonds is 7. The Morgan fingerprint density at radius 2 is 2.27 bits per heavy atom. The minimum atomic E-state index is 0.268. The van der Waals surface area contributed by atoms with Gasteiger partial charge in [0.05, 0.1) is 4.88 Å². The summed E-state index contributed by atoms with van der Waals surface area (Å²) in [5, 5.41) is 1.95. The van der Waals surface area contributed by atoms with E-state index in [-0.39, 0.29) is 5.78 Å². The number of thiophene rings is 1. The van der Waals surface area contributed by atoms with Crippen molar-refractivity contribution in [2.75, 3.05) is 0 Å². The number of unbranched alkanes of at least 4 members (excludes halogenated alkanes) is 3. The number of ketones is 1. The molecule has 0 aliphatic carbocycles. The van der Waals surface area contributed by atoms with Crippen LogP contribution in [-0.4, -0.2) is 5.78 Å². The van der Waals surface area contributed by atoms with Gasteiger partial charge in [0.15, 0.2) is 5.78 Å². The molecule has 0 aliphatic heterocycles. The molecule has 0 aliphatic rings. The Morgan fingerprint density at radius 3 is 2.87 bits per heavy atom. The van der Waals surface area contributed by atoms with Gasteiger partial charge in [-0.15, -0.1) is 17.9 Å². The largest absolute Gasteiger partial charge is 0.293 e. The number of hydrogen-bond donors (Lipinski definition) is 0. The van der Waals surface area contributed by atoms with Crippen molar-refractivity contribution in [1.29, 1.82) is 0 Å². The number of carbonyl (C=O) groups excluding carboxylic acids is 1. The van der Waals surface area contributed by atoms with Gasteiger partial charge in [-0.3, -0.25) is 4.79 Å². The summed E-state index contributed by atoms with van der Waals surface area (Å²) in [6, 6.07) is 1.90. The highest BCUT2D eigenvalue weighted by Gasteiger charge is 2.07. The van der Waals surface area contributed by atoms with Crippen LogP contribution in [0.5, 0.6) is 0 Å². The van der Waals surface area contributed by atoms with Gasteiger partial charge in [-0.25, -0.2) is 0 Å². The second-order valence-electron chi connectivity index (χ2n) is 3.44. The zero-order chi connectivity index (χ0) is 11.1. The smallest absolute Gasteiger partial charge is 0.172 e. The molecule has 0 atom stereocenters. The fourth-order valence-electron chi connectivity index (χ4n) is 1.33. The molecule has 82 valence electrons. The third kappa shape index (κ3) is 4.76. The predicted octanol–water partition coefficient (Wildman–Crippen LogP) is 4.83. The Hall–Kier alpha value is -0.410. The van der Waals surface area contributed by atoms with E-state index >= 15 is 0 Å². The van der Waals surface area contributed by atoms with E-state index in [0.29, 0.717) is 6.42 Å². The van der Waals surface area contributed by atoms with Gasteiger partial charge in [0, 0.05) is 16.3 Å². The number of Topliss-reactive ketones (excluding diaryl/α,β-unsaturated/α-hetero) is 1. The van der Waals surface area contributed by atoms with Crippen molar-refractivity contribution in [3.05, 3.63) is 33.5 Å². The van der Waals surface area contributed by atoms with E-state index in [0.717, 1.165) is 35.0 Å². The van der Waals surface area contributed by atoms with Crippen molar-refractivity contribution in [3.63, 3.8) is 0 Å². The molecular weight excluding hydrogens is 272 g/mol. The Labute approximate surface area is 103 Å². The molecule has 15 heavy (non-hydrogen) atoms. The van der Waals surface area contributed by atoms with E-state index in [1.54, 1.807) is 0 Å². The fourth-order valence-corrected chi connectivity index (χ4v) is 2.73. The normalized spacial score (nSPS) is 10.2. The van der Waals surface area contributed by atoms with Crippen LogP contribution in [0.3, 0.4) is 0 Å². The third-order valence-corrected chi connectivity index (χ3v) is 3.89. The first-order valence-corrected chi connectivity index (χ1v) is 6.79. The number of hydrogen-bond acceptors (Lipinski definition) is 2. The molecule has 0 saturated heterocycles. The molecule has 1 rings (SSSR count). The van der Waals surface area contributed by atoms with Crippen molar-refractivity contribution in [2.45, 2.75) is 32.1 Å². The first kappa shape index (κ1) is 12.7. The van der Waals surface area contributed by atoms with Gasteiger partial charge < -0.3 is 0 Å². The monoisotopic (exact) mass is 286 g/mol. The molecular formula is C12H15BrOS. The van der Waals surface area contributed by atoms with E-state index in [1.807, 2.05) is 17.5 Å². The van der Waals surface area contributed by atoms with Crippen molar-refractivity contribution in [3.8, 4) is 0 Å². The SMILES string of the molecule is C=CCCCCCC(=O)c1cc(Br)cs1. The molecule has 0 N–H and O–H groups in total. The van der Waals surface area contributed by atoms with Crippen LogP contribution < -0.4 is 0 Å². The summed E-state index contributed by atoms with van der Waals surface area (Å²) in [7, 11) is 0. The molecule has 0 saturated carbocycles. The summed E-state index contributed by atoms with van der Waals surface area (Å²) < 4.78 is 1.00. The first-order valence-electron chi connectivity index (χ1n) is 5.12. The second kappa shape index (κ2) is 6.96. The van der Waals surface area contributed by atoms with E-state index in [2.05, 4.69) is 22.5 Å². The van der Waals surface area contributed by atoms with Gasteiger partial charge in [-0.1, -0.05) is 12.5 Å². The quantitative estimate of drug-likeness (QED) is 0.399. The molecule has 1 aromatic heterocycles. The van der Waals surface area contributed by atoms with Crippen molar-refractivity contribution >= 4 is 33.0 Å². The van der Waals surface area contributed by atoms with Crippen LogP contribution in [0, 0.1) is 0 Å². The summed E-state index contributed by atoms with van der Waals surface area (Å²) in [5.41, 5.74) is 0. The highest BCUT2D eigenvalue weighted by atomic mass is 79.9. The van der Waals surface area contributed by atoms with Gasteiger partial charge >= 0.3 is 0 Å². The minimum Gasteiger partial charge on any atom is -0.293 e. The fraction of sp³-hybridized carbons (Fsp3) is 0.417. The van der Waals surface area contributed by atoms with Crippen molar-refractivity contribution < 1.29 is 4.79 Å². The maximum Gasteiger partial charge on any atom is 0.172 e. The molecule has 0 unspecified atom stereocenters. The zero-order valence-electron chi connectivity index (χ0n) is 8.67. The van der Waals surface area contributed by atoms with E-state index in [1.165, 1.54) is 11.3 Å². The maximum atomic E-state index is 11.7. The molecule has 0 fully saturated rings. The van der Waals surface area contributed by atoms with E-state index in [4.69, 9.17) is 0 Å². The van der Waals surface area contributed by atoms with Gasteiger partial charge in [-0.05, 0) is 41.3 Å². The topological polar surface area (TPSA) is 17.1 Å². The van der Waals surface area contributed by atoms with Crippen LogP contribution in [0.2, 0.25) is 0 Å². The lowest BCUT2D eigenvalue weighted by molar-refractivity contribution is 0.0983. The van der Waals surface area contributed by atoms with E-state index < -0.39 is 0 Å². The first-order chi connectivity index (χ1) is 7.24. The third-order valence-electron chi connectivity index (χ3n) is 2.15. The molecule has 0 spiro atoms. The lowest BCUT2D eigenvalue weighted by Crippen LogP contribution is -1.95. The number of halogens is 1. The van der Waals surface area contributed by atoms with Gasteiger partial charge in [-0.2, -0.15) is 0 Å². The second-order valence-corrected chi connectivity index (χ2v) is 5.27. The van der Waals surface area contributed by atoms with Crippen LogP contribution in [0.4, 0.5) is 0 Å². The average molecular weight is 287 g/mol. The van der Waals surface area contributed by atoms with Crippen LogP contribution in [0.1, 0.15) is 41.8 Å². The highest BCUT2D eigenvalue weighted by Crippen LogP contribution is 2.21. The van der Waals surface area contributed by atoms with Crippen LogP contribution >= 0.6 is 27.3 Å². The summed E-state index contributed by atoms with van der Waals surface area (Å²) >= 11 is 4.86. The summed E-state index contributed by atoms with van der Waals surface area (Å²) in [6.45, 7) is 3.67. The minimum absolute atomic E-state index is 0.268. The summed E-state index contributed by atoms with van der Waals surface area (Å²) in [6.07, 6.45) is 6.90. The molecule has 3 heteroatoms. The maximum absolute atomic E-state index is 11.7. The molecule has 1 nitrogen and oxygen atoms in total. The Morgan fingerprint density at radius 1 is 1.47 bits per heavy atom. The number of carbonyl (C=O) groups is 1. The van der Waals surface area contributed by atoms with Gasteiger partial charge in [0.1, 0.15) is 0 Å². The molecule has 0 aromatic carbocycles. The summed E-state index contributed by atoms with van der Waals surface area (Å²) in [4.78, 5) is 12.5. The van der Waals surface area contributed by atoms with Crippen molar-refractivity contribution in [1.82, 2.24) is 0 Å². The molecule has 1 heterocycles. The van der Waals surface area contributed by atoms with E-state index in [9.17, 15) is 4.79 Å². The molecule has 0 bridgehead atoms. The van der Waals surface area contributed by atoms with Crippen LogP contribution in [0.15, 0.2) is 28.6 Å². The molecule has 1 aromatic rings. The van der Waals surface area contributed by atoms with Crippen LogP contribution in [0.25, 0.3) is 0 Å². The average Bonchev–Trinajstić information content (AvgIpc) is 2.64. The lowest BCUT2D eigenvalue weighted by atomic mass is 10.1. The standard InChI is InChI=1S/C12H15BrOS/c1-2-3-4-5-6-7-11(14)12-8-10(13)9-15-12/h2,8-9H,1,3-7H2. The van der Waals surface area contributed by atoms with Gasteiger partial charge in [0.2, 0.25) is 0 Å². The Balaban J connectivity index is 2.22. The molecule has 0 amide bonds. The Kier molecular flexibility index (Phi) is 5.88. The lowest BCUT2D eigenvalue weighted by Gasteiger charge is -1.97.